The Balaban J connectivity index is 1.92. The van der Waals surface area contributed by atoms with Crippen molar-refractivity contribution in [1.82, 2.24) is 0 Å². The molecule has 0 aromatic heterocycles. The molecule has 2 aromatic carbocycles. The summed E-state index contributed by atoms with van der Waals surface area (Å²) in [5.41, 5.74) is 0.989. The van der Waals surface area contributed by atoms with E-state index in [1.54, 1.807) is 0 Å². The predicted molar refractivity (Wildman–Crippen MR) is 73.0 cm³/mol. The van der Waals surface area contributed by atoms with Crippen molar-refractivity contribution in [3.8, 4) is 0 Å². The van der Waals surface area contributed by atoms with Gasteiger partial charge in [0.15, 0.2) is 0 Å². The maximum absolute atomic E-state index is 10.0. The first-order valence-corrected chi connectivity index (χ1v) is 7.81. The molecule has 0 aliphatic heterocycles. The average Bonchev–Trinajstić information content (AvgIpc) is 2.39. The van der Waals surface area contributed by atoms with Gasteiger partial charge in [-0.05, 0) is 0 Å². The van der Waals surface area contributed by atoms with E-state index in [9.17, 15) is 5.11 Å². The normalized spacial score (nSPS) is 12.4. The molecule has 0 amide bonds. The van der Waals surface area contributed by atoms with Crippen LogP contribution in [-0.4, -0.2) is 20.1 Å². The van der Waals surface area contributed by atoms with Gasteiger partial charge in [0.25, 0.3) is 0 Å². The van der Waals surface area contributed by atoms with Crippen LogP contribution in [0, 0.1) is 0 Å². The molecular formula is C14H13ClOSe. The third-order valence-electron chi connectivity index (χ3n) is 2.41. The van der Waals surface area contributed by atoms with Gasteiger partial charge in [-0.15, -0.1) is 0 Å². The number of halogens is 1. The Morgan fingerprint density at radius 3 is 2.29 bits per heavy atom. The van der Waals surface area contributed by atoms with Crippen molar-refractivity contribution in [3.05, 3.63) is 65.2 Å². The molecule has 0 aliphatic carbocycles. The third kappa shape index (κ3) is 3.86. The average molecular weight is 312 g/mol. The van der Waals surface area contributed by atoms with Gasteiger partial charge in [-0.25, -0.2) is 0 Å². The van der Waals surface area contributed by atoms with Crippen LogP contribution in [0.1, 0.15) is 11.7 Å². The molecule has 0 fully saturated rings. The summed E-state index contributed by atoms with van der Waals surface area (Å²) >= 11 is 6.11. The molecule has 0 aliphatic rings. The molecular weight excluding hydrogens is 299 g/mol. The molecule has 2 aromatic rings. The zero-order valence-corrected chi connectivity index (χ0v) is 11.7. The summed E-state index contributed by atoms with van der Waals surface area (Å²) in [5, 5.41) is 11.6. The molecule has 0 radical (unpaired) electrons. The first kappa shape index (κ1) is 12.7. The molecule has 0 saturated heterocycles. The molecule has 0 saturated carbocycles. The third-order valence-corrected chi connectivity index (χ3v) is 4.94. The van der Waals surface area contributed by atoms with E-state index in [1.165, 1.54) is 4.46 Å². The monoisotopic (exact) mass is 312 g/mol. The topological polar surface area (TPSA) is 20.2 Å². The van der Waals surface area contributed by atoms with Crippen molar-refractivity contribution in [3.63, 3.8) is 0 Å². The number of rotatable bonds is 4. The summed E-state index contributed by atoms with van der Waals surface area (Å²) in [4.78, 5) is 0. The summed E-state index contributed by atoms with van der Waals surface area (Å²) in [5.74, 6) is 0. The van der Waals surface area contributed by atoms with Gasteiger partial charge >= 0.3 is 113 Å². The zero-order valence-electron chi connectivity index (χ0n) is 9.21. The van der Waals surface area contributed by atoms with E-state index in [-0.39, 0.29) is 21.1 Å². The summed E-state index contributed by atoms with van der Waals surface area (Å²) in [6, 6.07) is 17.6. The van der Waals surface area contributed by atoms with Crippen molar-refractivity contribution < 1.29 is 5.11 Å². The van der Waals surface area contributed by atoms with E-state index in [4.69, 9.17) is 11.6 Å². The summed E-state index contributed by atoms with van der Waals surface area (Å²) < 4.78 is 1.26. The fourth-order valence-corrected chi connectivity index (χ4v) is 3.43. The van der Waals surface area contributed by atoms with Gasteiger partial charge < -0.3 is 0 Å². The number of hydrogen-bond acceptors (Lipinski definition) is 1. The van der Waals surface area contributed by atoms with Crippen LogP contribution in [0.5, 0.6) is 0 Å². The summed E-state index contributed by atoms with van der Waals surface area (Å²) in [6.45, 7) is 0. The van der Waals surface area contributed by atoms with Crippen LogP contribution in [0.3, 0.4) is 0 Å². The molecule has 0 spiro atoms. The van der Waals surface area contributed by atoms with Crippen LogP contribution in [-0.2, 0) is 0 Å². The Hall–Kier alpha value is -0.791. The second-order valence-corrected chi connectivity index (χ2v) is 6.42. The van der Waals surface area contributed by atoms with Crippen molar-refractivity contribution in [2.75, 3.05) is 0 Å². The van der Waals surface area contributed by atoms with Gasteiger partial charge in [0.2, 0.25) is 0 Å². The Labute approximate surface area is 113 Å². The van der Waals surface area contributed by atoms with Crippen molar-refractivity contribution in [2.24, 2.45) is 0 Å². The molecule has 0 heterocycles. The van der Waals surface area contributed by atoms with Gasteiger partial charge in [-0.3, -0.25) is 0 Å². The van der Waals surface area contributed by atoms with E-state index in [2.05, 4.69) is 0 Å². The van der Waals surface area contributed by atoms with Crippen LogP contribution < -0.4 is 4.46 Å². The predicted octanol–water partition coefficient (Wildman–Crippen LogP) is 2.82. The van der Waals surface area contributed by atoms with Crippen molar-refractivity contribution >= 4 is 31.0 Å². The van der Waals surface area contributed by atoms with Gasteiger partial charge in [-0.2, -0.15) is 0 Å². The Bertz CT molecular complexity index is 455. The van der Waals surface area contributed by atoms with E-state index in [1.807, 2.05) is 54.6 Å². The van der Waals surface area contributed by atoms with Gasteiger partial charge in [0, 0.05) is 0 Å². The van der Waals surface area contributed by atoms with Gasteiger partial charge in [-0.1, -0.05) is 0 Å². The van der Waals surface area contributed by atoms with Crippen molar-refractivity contribution in [1.29, 1.82) is 0 Å². The maximum atomic E-state index is 10.0. The van der Waals surface area contributed by atoms with Gasteiger partial charge in [0.05, 0.1) is 0 Å². The molecule has 17 heavy (non-hydrogen) atoms. The Kier molecular flexibility index (Phi) is 4.64. The van der Waals surface area contributed by atoms with Crippen LogP contribution in [0.4, 0.5) is 0 Å². The molecule has 3 heteroatoms. The fraction of sp³-hybridized carbons (Fsp3) is 0.143. The van der Waals surface area contributed by atoms with Gasteiger partial charge in [0.1, 0.15) is 0 Å². The summed E-state index contributed by atoms with van der Waals surface area (Å²) in [6.07, 6.45) is -0.369. The van der Waals surface area contributed by atoms with Crippen LogP contribution in [0.2, 0.25) is 10.3 Å². The quantitative estimate of drug-likeness (QED) is 0.861. The molecule has 1 unspecified atom stereocenters. The Morgan fingerprint density at radius 2 is 1.65 bits per heavy atom. The summed E-state index contributed by atoms with van der Waals surface area (Å²) in [7, 11) is 0. The van der Waals surface area contributed by atoms with Crippen molar-refractivity contribution in [2.45, 2.75) is 11.4 Å². The fourth-order valence-electron chi connectivity index (χ4n) is 1.48. The molecule has 88 valence electrons. The Morgan fingerprint density at radius 1 is 1.00 bits per heavy atom. The molecule has 1 nitrogen and oxygen atoms in total. The minimum atomic E-state index is -0.369. The zero-order chi connectivity index (χ0) is 12.1. The van der Waals surface area contributed by atoms with E-state index in [0.29, 0.717) is 0 Å². The first-order chi connectivity index (χ1) is 8.25. The number of hydrogen-bond donors (Lipinski definition) is 1. The second kappa shape index (κ2) is 6.23. The SMILES string of the molecule is OC(C[Se]c1ccc(Cl)cc1)c1ccccc1. The first-order valence-electron chi connectivity index (χ1n) is 5.37. The van der Waals surface area contributed by atoms with E-state index >= 15 is 0 Å². The molecule has 1 atom stereocenters. The number of benzene rings is 2. The van der Waals surface area contributed by atoms with Crippen LogP contribution in [0.15, 0.2) is 54.6 Å². The molecule has 1 N–H and O–H groups in total. The van der Waals surface area contributed by atoms with E-state index in [0.717, 1.165) is 15.9 Å². The molecule has 0 bridgehead atoms. The minimum absolute atomic E-state index is 0.278. The van der Waals surface area contributed by atoms with Crippen LogP contribution in [0.25, 0.3) is 0 Å². The van der Waals surface area contributed by atoms with Crippen LogP contribution >= 0.6 is 11.6 Å². The number of aliphatic hydroxyl groups is 1. The second-order valence-electron chi connectivity index (χ2n) is 3.69. The standard InChI is InChI=1S/C14H13ClOSe/c15-12-6-8-13(9-7-12)17-10-14(16)11-4-2-1-3-5-11/h1-9,14,16H,10H2. The number of aliphatic hydroxyl groups excluding tert-OH is 1. The molecule has 2 rings (SSSR count). The van der Waals surface area contributed by atoms with E-state index < -0.39 is 0 Å².